The van der Waals surface area contributed by atoms with Crippen molar-refractivity contribution < 1.29 is 34.1 Å². The second kappa shape index (κ2) is 10.0. The van der Waals surface area contributed by atoms with Crippen molar-refractivity contribution in [3.05, 3.63) is 42.2 Å². The van der Waals surface area contributed by atoms with Crippen molar-refractivity contribution in [2.45, 2.75) is 19.4 Å². The van der Waals surface area contributed by atoms with Crippen LogP contribution in [0.2, 0.25) is 0 Å². The van der Waals surface area contributed by atoms with Gasteiger partial charge in [0.15, 0.2) is 17.5 Å². The molecule has 0 radical (unpaired) electrons. The lowest BCUT2D eigenvalue weighted by Gasteiger charge is -2.14. The summed E-state index contributed by atoms with van der Waals surface area (Å²) in [7, 11) is 4.64. The van der Waals surface area contributed by atoms with E-state index in [-0.39, 0.29) is 6.42 Å². The largest absolute Gasteiger partial charge is 0.495 e. The molecule has 10 nitrogen and oxygen atoms in total. The van der Waals surface area contributed by atoms with Gasteiger partial charge in [-0.1, -0.05) is 11.2 Å². The number of nitrogens with two attached hydrogens (primary N) is 1. The molecule has 1 unspecified atom stereocenters. The Morgan fingerprint density at radius 1 is 1.09 bits per heavy atom. The first-order chi connectivity index (χ1) is 15.8. The topological polar surface area (TPSA) is 154 Å². The number of aryl methyl sites for hydroxylation is 1. The molecule has 3 aromatic rings. The number of amides is 2. The number of ether oxygens (including phenoxy) is 3. The van der Waals surface area contributed by atoms with Gasteiger partial charge in [0.1, 0.15) is 17.7 Å². The Bertz CT molecular complexity index is 1170. The molecule has 0 bridgehead atoms. The Labute approximate surface area is 190 Å². The van der Waals surface area contributed by atoms with Crippen molar-refractivity contribution in [3.63, 3.8) is 0 Å². The minimum atomic E-state index is -0.836. The summed E-state index contributed by atoms with van der Waals surface area (Å²) >= 11 is 0. The third kappa shape index (κ3) is 5.07. The van der Waals surface area contributed by atoms with Gasteiger partial charge in [0, 0.05) is 11.1 Å². The minimum absolute atomic E-state index is 0.164. The maximum atomic E-state index is 12.5. The molecule has 0 saturated carbocycles. The quantitative estimate of drug-likeness (QED) is 0.444. The molecule has 0 aliphatic heterocycles. The molecule has 1 aromatic heterocycles. The second-order valence-corrected chi connectivity index (χ2v) is 7.38. The summed E-state index contributed by atoms with van der Waals surface area (Å²) in [6.45, 7) is 1.91. The van der Waals surface area contributed by atoms with E-state index in [2.05, 4.69) is 16.2 Å². The smallest absolute Gasteiger partial charge is 0.283 e. The molecule has 0 aliphatic carbocycles. The number of primary amides is 1. The van der Waals surface area contributed by atoms with Crippen molar-refractivity contribution in [1.82, 2.24) is 5.16 Å². The zero-order valence-corrected chi connectivity index (χ0v) is 18.9. The van der Waals surface area contributed by atoms with E-state index >= 15 is 0 Å². The number of quaternary nitrogens is 1. The number of nitrogens with zero attached hydrogens (tertiary/aromatic N) is 1. The minimum Gasteiger partial charge on any atom is -0.495 e. The number of benzene rings is 2. The molecule has 0 aliphatic rings. The van der Waals surface area contributed by atoms with E-state index in [9.17, 15) is 9.59 Å². The van der Waals surface area contributed by atoms with E-state index in [1.165, 1.54) is 13.4 Å². The summed E-state index contributed by atoms with van der Waals surface area (Å²) in [5.74, 6) is 0.591. The first kappa shape index (κ1) is 23.6. The molecule has 2 aromatic carbocycles. The number of carbonyl (C=O) groups excluding carboxylic acids is 2. The number of rotatable bonds is 9. The Morgan fingerprint density at radius 2 is 1.82 bits per heavy atom. The monoisotopic (exact) mass is 455 g/mol. The van der Waals surface area contributed by atoms with Crippen molar-refractivity contribution in [1.29, 1.82) is 0 Å². The molecular formula is C23H27N4O6+. The molecule has 1 heterocycles. The van der Waals surface area contributed by atoms with E-state index < -0.39 is 17.9 Å². The van der Waals surface area contributed by atoms with Gasteiger partial charge in [-0.15, -0.1) is 0 Å². The van der Waals surface area contributed by atoms with Crippen LogP contribution < -0.4 is 31.0 Å². The van der Waals surface area contributed by atoms with E-state index in [4.69, 9.17) is 24.5 Å². The van der Waals surface area contributed by atoms with Crippen LogP contribution in [0.1, 0.15) is 12.0 Å². The first-order valence-corrected chi connectivity index (χ1v) is 10.1. The maximum absolute atomic E-state index is 12.5. The number of hydrogen-bond donors (Lipinski definition) is 3. The SMILES string of the molecule is COc1ccc(-c2conc2-c2cc(C)c(OC)c(OC)c2)cc1NC(=O)C([NH3+])CC(N)=O. The molecule has 33 heavy (non-hydrogen) atoms. The fourth-order valence-corrected chi connectivity index (χ4v) is 3.48. The summed E-state index contributed by atoms with van der Waals surface area (Å²) in [5.41, 5.74) is 12.9. The third-order valence-corrected chi connectivity index (χ3v) is 5.09. The average Bonchev–Trinajstić information content (AvgIpc) is 3.28. The Kier molecular flexibility index (Phi) is 7.19. The molecule has 3 rings (SSSR count). The van der Waals surface area contributed by atoms with Crippen molar-refractivity contribution in [2.75, 3.05) is 26.6 Å². The summed E-state index contributed by atoms with van der Waals surface area (Å²) in [5, 5.41) is 6.93. The van der Waals surface area contributed by atoms with Gasteiger partial charge in [0.25, 0.3) is 5.91 Å². The Hall–Kier alpha value is -4.05. The molecule has 1 atom stereocenters. The molecule has 6 N–H and O–H groups in total. The first-order valence-electron chi connectivity index (χ1n) is 10.1. The van der Waals surface area contributed by atoms with E-state index in [0.29, 0.717) is 34.2 Å². The third-order valence-electron chi connectivity index (χ3n) is 5.09. The highest BCUT2D eigenvalue weighted by Gasteiger charge is 2.22. The van der Waals surface area contributed by atoms with Crippen LogP contribution in [-0.4, -0.2) is 44.3 Å². The number of hydrogen-bond acceptors (Lipinski definition) is 7. The summed E-state index contributed by atoms with van der Waals surface area (Å²) in [4.78, 5) is 23.6. The lowest BCUT2D eigenvalue weighted by Crippen LogP contribution is -2.67. The van der Waals surface area contributed by atoms with Gasteiger partial charge in [-0.25, -0.2) is 0 Å². The highest BCUT2D eigenvalue weighted by atomic mass is 16.5. The van der Waals surface area contributed by atoms with Crippen LogP contribution in [0.3, 0.4) is 0 Å². The van der Waals surface area contributed by atoms with Gasteiger partial charge in [-0.05, 0) is 42.3 Å². The van der Waals surface area contributed by atoms with E-state index in [0.717, 1.165) is 16.7 Å². The molecule has 174 valence electrons. The van der Waals surface area contributed by atoms with Gasteiger partial charge < -0.3 is 35.5 Å². The summed E-state index contributed by atoms with van der Waals surface area (Å²) in [6, 6.07) is 8.17. The molecular weight excluding hydrogens is 428 g/mol. The van der Waals surface area contributed by atoms with Crippen molar-refractivity contribution in [2.24, 2.45) is 5.73 Å². The van der Waals surface area contributed by atoms with Crippen molar-refractivity contribution in [3.8, 4) is 39.6 Å². The number of nitrogens with one attached hydrogen (secondary N) is 1. The van der Waals surface area contributed by atoms with Crippen molar-refractivity contribution >= 4 is 17.5 Å². The molecule has 0 fully saturated rings. The highest BCUT2D eigenvalue weighted by molar-refractivity contribution is 5.98. The van der Waals surface area contributed by atoms with Crippen LogP contribution in [0.15, 0.2) is 41.1 Å². The summed E-state index contributed by atoms with van der Waals surface area (Å²) < 4.78 is 21.5. The van der Waals surface area contributed by atoms with Crippen LogP contribution in [-0.2, 0) is 9.59 Å². The predicted molar refractivity (Wildman–Crippen MR) is 121 cm³/mol. The van der Waals surface area contributed by atoms with E-state index in [1.807, 2.05) is 25.1 Å². The molecule has 0 saturated heterocycles. The number of carbonyl (C=O) groups is 2. The lowest BCUT2D eigenvalue weighted by molar-refractivity contribution is -0.401. The van der Waals surface area contributed by atoms with E-state index in [1.54, 1.807) is 26.4 Å². The fraction of sp³-hybridized carbons (Fsp3) is 0.261. The number of anilines is 1. The summed E-state index contributed by atoms with van der Waals surface area (Å²) in [6.07, 6.45) is 1.36. The fourth-order valence-electron chi connectivity index (χ4n) is 3.48. The standard InChI is InChI=1S/C23H26N4O6/c1-12-7-14(9-19(31-3)22(12)32-4)21-15(11-33-27-21)13-5-6-18(30-2)17(8-13)26-23(29)16(24)10-20(25)28/h5-9,11,16H,10,24H2,1-4H3,(H2,25,28)(H,26,29)/p+1. The average molecular weight is 455 g/mol. The van der Waals surface area contributed by atoms with Crippen LogP contribution >= 0.6 is 0 Å². The number of aromatic nitrogens is 1. The van der Waals surface area contributed by atoms with Crippen LogP contribution in [0.4, 0.5) is 5.69 Å². The van der Waals surface area contributed by atoms with Gasteiger partial charge >= 0.3 is 0 Å². The number of methoxy groups -OCH3 is 3. The maximum Gasteiger partial charge on any atom is 0.283 e. The second-order valence-electron chi connectivity index (χ2n) is 7.38. The van der Waals surface area contributed by atoms with Gasteiger partial charge in [0.05, 0.1) is 33.4 Å². The van der Waals surface area contributed by atoms with Gasteiger partial charge in [0.2, 0.25) is 5.91 Å². The Morgan fingerprint density at radius 3 is 2.45 bits per heavy atom. The molecule has 2 amide bonds. The van der Waals surface area contributed by atoms with Crippen LogP contribution in [0.5, 0.6) is 17.2 Å². The van der Waals surface area contributed by atoms with Gasteiger partial charge in [-0.3, -0.25) is 9.59 Å². The Balaban J connectivity index is 2.01. The van der Waals surface area contributed by atoms with Crippen LogP contribution in [0, 0.1) is 6.92 Å². The zero-order chi connectivity index (χ0) is 24.1. The normalized spacial score (nSPS) is 11.5. The molecule has 0 spiro atoms. The predicted octanol–water partition coefficient (Wildman–Crippen LogP) is 1.77. The lowest BCUT2D eigenvalue weighted by atomic mass is 9.99. The zero-order valence-electron chi connectivity index (χ0n) is 18.9. The molecule has 10 heteroatoms. The highest BCUT2D eigenvalue weighted by Crippen LogP contribution is 2.40. The van der Waals surface area contributed by atoms with Gasteiger partial charge in [-0.2, -0.15) is 0 Å². The van der Waals surface area contributed by atoms with Crippen LogP contribution in [0.25, 0.3) is 22.4 Å².